The molecule has 0 spiro atoms. The lowest BCUT2D eigenvalue weighted by Crippen LogP contribution is -2.11. The van der Waals surface area contributed by atoms with Crippen LogP contribution in [0.3, 0.4) is 0 Å². The number of rotatable bonds is 6. The summed E-state index contributed by atoms with van der Waals surface area (Å²) in [5.74, 6) is 1.19. The molecule has 0 amide bonds. The summed E-state index contributed by atoms with van der Waals surface area (Å²) in [6.07, 6.45) is 2.35. The smallest absolute Gasteiger partial charge is 0.0361 e. The first-order chi connectivity index (χ1) is 10.2. The van der Waals surface area contributed by atoms with Crippen LogP contribution in [-0.4, -0.2) is 14.1 Å². The molecule has 0 saturated carbocycles. The largest absolute Gasteiger partial charge is 0.378 e. The van der Waals surface area contributed by atoms with E-state index in [9.17, 15) is 0 Å². The summed E-state index contributed by atoms with van der Waals surface area (Å²) in [4.78, 5) is 2.15. The zero-order chi connectivity index (χ0) is 15.2. The van der Waals surface area contributed by atoms with Gasteiger partial charge >= 0.3 is 0 Å². The van der Waals surface area contributed by atoms with Gasteiger partial charge in [-0.3, -0.25) is 0 Å². The van der Waals surface area contributed by atoms with E-state index in [1.165, 1.54) is 29.7 Å². The van der Waals surface area contributed by atoms with Crippen LogP contribution in [0.15, 0.2) is 54.6 Å². The Balaban J connectivity index is 2.29. The number of hydrogen-bond acceptors (Lipinski definition) is 1. The minimum absolute atomic E-state index is 0.591. The molecule has 112 valence electrons. The van der Waals surface area contributed by atoms with E-state index in [0.29, 0.717) is 11.8 Å². The average Bonchev–Trinajstić information content (AvgIpc) is 2.53. The van der Waals surface area contributed by atoms with Crippen molar-refractivity contribution in [2.75, 3.05) is 19.0 Å². The van der Waals surface area contributed by atoms with Crippen molar-refractivity contribution in [1.29, 1.82) is 0 Å². The van der Waals surface area contributed by atoms with Gasteiger partial charge in [0.2, 0.25) is 0 Å². The van der Waals surface area contributed by atoms with E-state index < -0.39 is 0 Å². The summed E-state index contributed by atoms with van der Waals surface area (Å²) >= 11 is 0. The Morgan fingerprint density at radius 2 is 1.19 bits per heavy atom. The van der Waals surface area contributed by atoms with E-state index in [0.717, 1.165) is 0 Å². The van der Waals surface area contributed by atoms with Crippen LogP contribution >= 0.6 is 0 Å². The predicted molar refractivity (Wildman–Crippen MR) is 93.3 cm³/mol. The third-order valence-electron chi connectivity index (χ3n) is 4.43. The van der Waals surface area contributed by atoms with Crippen molar-refractivity contribution >= 4 is 5.69 Å². The van der Waals surface area contributed by atoms with Crippen molar-refractivity contribution in [3.63, 3.8) is 0 Å². The summed E-state index contributed by atoms with van der Waals surface area (Å²) in [7, 11) is 4.18. The van der Waals surface area contributed by atoms with E-state index in [1.807, 2.05) is 0 Å². The Morgan fingerprint density at radius 1 is 0.714 bits per heavy atom. The maximum absolute atomic E-state index is 2.30. The van der Waals surface area contributed by atoms with Crippen LogP contribution in [0.25, 0.3) is 0 Å². The number of nitrogens with zero attached hydrogens (tertiary/aromatic N) is 1. The lowest BCUT2D eigenvalue weighted by molar-refractivity contribution is 0.510. The van der Waals surface area contributed by atoms with Crippen LogP contribution in [0.1, 0.15) is 49.7 Å². The molecular weight excluding hydrogens is 254 g/mol. The third-order valence-corrected chi connectivity index (χ3v) is 4.43. The predicted octanol–water partition coefficient (Wildman–Crippen LogP) is 5.44. The van der Waals surface area contributed by atoms with Crippen molar-refractivity contribution in [3.8, 4) is 0 Å². The van der Waals surface area contributed by atoms with E-state index in [2.05, 4.69) is 87.4 Å². The Morgan fingerprint density at radius 3 is 1.62 bits per heavy atom. The number of hydrogen-bond donors (Lipinski definition) is 0. The zero-order valence-electron chi connectivity index (χ0n) is 13.7. The molecule has 0 aliphatic carbocycles. The molecule has 0 N–H and O–H groups in total. The molecule has 2 aromatic carbocycles. The number of benzene rings is 2. The molecule has 1 heteroatoms. The maximum Gasteiger partial charge on any atom is 0.0361 e. The fourth-order valence-corrected chi connectivity index (χ4v) is 3.22. The molecule has 0 aromatic heterocycles. The zero-order valence-corrected chi connectivity index (χ0v) is 13.7. The highest BCUT2D eigenvalue weighted by atomic mass is 15.1. The maximum atomic E-state index is 2.30. The first-order valence-electron chi connectivity index (χ1n) is 7.99. The third kappa shape index (κ3) is 3.66. The Hall–Kier alpha value is -1.76. The van der Waals surface area contributed by atoms with Crippen LogP contribution in [0.4, 0.5) is 5.69 Å². The summed E-state index contributed by atoms with van der Waals surface area (Å²) in [5.41, 5.74) is 4.18. The van der Waals surface area contributed by atoms with Crippen LogP contribution in [-0.2, 0) is 0 Å². The molecule has 1 nitrogen and oxygen atoms in total. The van der Waals surface area contributed by atoms with Crippen LogP contribution < -0.4 is 4.90 Å². The molecule has 2 rings (SSSR count). The van der Waals surface area contributed by atoms with Crippen LogP contribution in [0.5, 0.6) is 0 Å². The van der Waals surface area contributed by atoms with Crippen LogP contribution in [0.2, 0.25) is 0 Å². The van der Waals surface area contributed by atoms with E-state index >= 15 is 0 Å². The molecule has 0 unspecified atom stereocenters. The first-order valence-corrected chi connectivity index (χ1v) is 7.99. The molecule has 0 heterocycles. The molecule has 0 bridgehead atoms. The second kappa shape index (κ2) is 7.31. The highest BCUT2D eigenvalue weighted by Crippen LogP contribution is 2.38. The number of anilines is 1. The van der Waals surface area contributed by atoms with Crippen molar-refractivity contribution in [3.05, 3.63) is 65.7 Å². The highest BCUT2D eigenvalue weighted by molar-refractivity contribution is 5.47. The Bertz CT molecular complexity index is 528. The van der Waals surface area contributed by atoms with E-state index in [-0.39, 0.29) is 0 Å². The molecule has 0 fully saturated rings. The second-order valence-electron chi connectivity index (χ2n) is 5.93. The van der Waals surface area contributed by atoms with Gasteiger partial charge in [-0.05, 0) is 47.9 Å². The summed E-state index contributed by atoms with van der Waals surface area (Å²) in [6.45, 7) is 4.60. The van der Waals surface area contributed by atoms with Gasteiger partial charge in [-0.2, -0.15) is 0 Å². The van der Waals surface area contributed by atoms with Gasteiger partial charge in [-0.15, -0.1) is 0 Å². The van der Waals surface area contributed by atoms with Crippen molar-refractivity contribution in [2.45, 2.75) is 38.5 Å². The molecule has 0 radical (unpaired) electrons. The molecule has 0 aliphatic heterocycles. The highest BCUT2D eigenvalue weighted by Gasteiger charge is 2.21. The fourth-order valence-electron chi connectivity index (χ4n) is 3.22. The summed E-state index contributed by atoms with van der Waals surface area (Å²) in [6, 6.07) is 20.0. The minimum atomic E-state index is 0.591. The topological polar surface area (TPSA) is 3.24 Å². The Kier molecular flexibility index (Phi) is 5.44. The van der Waals surface area contributed by atoms with E-state index in [4.69, 9.17) is 0 Å². The molecule has 2 aromatic rings. The molecule has 0 saturated heterocycles. The standard InChI is InChI=1S/C20H27N/c1-5-19(16-10-8-7-9-11-16)20(6-2)17-12-14-18(15-13-17)21(3)4/h7-15,19-20H,5-6H2,1-4H3/t19-,20-/m1/s1. The lowest BCUT2D eigenvalue weighted by Gasteiger charge is -2.27. The van der Waals surface area contributed by atoms with Gasteiger partial charge in [-0.25, -0.2) is 0 Å². The summed E-state index contributed by atoms with van der Waals surface area (Å²) in [5, 5.41) is 0. The van der Waals surface area contributed by atoms with Gasteiger partial charge in [0.25, 0.3) is 0 Å². The quantitative estimate of drug-likeness (QED) is 0.681. The van der Waals surface area contributed by atoms with Gasteiger partial charge in [0.1, 0.15) is 0 Å². The summed E-state index contributed by atoms with van der Waals surface area (Å²) < 4.78 is 0. The van der Waals surface area contributed by atoms with Gasteiger partial charge in [0.05, 0.1) is 0 Å². The minimum Gasteiger partial charge on any atom is -0.378 e. The van der Waals surface area contributed by atoms with Gasteiger partial charge in [0.15, 0.2) is 0 Å². The van der Waals surface area contributed by atoms with Crippen molar-refractivity contribution in [2.24, 2.45) is 0 Å². The van der Waals surface area contributed by atoms with Crippen LogP contribution in [0, 0.1) is 0 Å². The molecule has 2 atom stereocenters. The molecule has 21 heavy (non-hydrogen) atoms. The van der Waals surface area contributed by atoms with Gasteiger partial charge in [-0.1, -0.05) is 56.3 Å². The normalized spacial score (nSPS) is 13.7. The van der Waals surface area contributed by atoms with Crippen molar-refractivity contribution < 1.29 is 0 Å². The van der Waals surface area contributed by atoms with Gasteiger partial charge < -0.3 is 4.90 Å². The first kappa shape index (κ1) is 15.6. The fraction of sp³-hybridized carbons (Fsp3) is 0.400. The SMILES string of the molecule is CC[C@H](c1ccccc1)[C@H](CC)c1ccc(N(C)C)cc1. The Labute approximate surface area is 129 Å². The average molecular weight is 281 g/mol. The second-order valence-corrected chi connectivity index (χ2v) is 5.93. The van der Waals surface area contributed by atoms with Crippen molar-refractivity contribution in [1.82, 2.24) is 0 Å². The monoisotopic (exact) mass is 281 g/mol. The lowest BCUT2D eigenvalue weighted by atomic mass is 9.78. The molecule has 0 aliphatic rings. The molecular formula is C20H27N. The van der Waals surface area contributed by atoms with Gasteiger partial charge in [0, 0.05) is 19.8 Å². The van der Waals surface area contributed by atoms with E-state index in [1.54, 1.807) is 0 Å².